The first kappa shape index (κ1) is 10.7. The third kappa shape index (κ3) is 2.60. The molecule has 1 atom stereocenters. The van der Waals surface area contributed by atoms with Crippen LogP contribution in [0.15, 0.2) is 23.7 Å². The third-order valence-corrected chi connectivity index (χ3v) is 3.25. The molecule has 0 amide bonds. The molecule has 2 nitrogen and oxygen atoms in total. The van der Waals surface area contributed by atoms with Crippen LogP contribution in [-0.2, 0) is 6.42 Å². The van der Waals surface area contributed by atoms with Crippen molar-refractivity contribution in [3.05, 3.63) is 28.7 Å². The Morgan fingerprint density at radius 3 is 2.73 bits per heavy atom. The molecule has 1 N–H and O–H groups in total. The van der Waals surface area contributed by atoms with Gasteiger partial charge in [0.1, 0.15) is 0 Å². The standard InChI is InChI=1S/C10H11F2NOS/c11-10(12)3-1-9(14,2-4-10)7-8-13-5-6-15-8/h1,3,5-6,14H,2,4,7H2. The van der Waals surface area contributed by atoms with Crippen molar-refractivity contribution in [1.29, 1.82) is 0 Å². The zero-order valence-corrected chi connectivity index (χ0v) is 8.81. The van der Waals surface area contributed by atoms with Crippen molar-refractivity contribution >= 4 is 11.3 Å². The molecule has 1 aliphatic rings. The Morgan fingerprint density at radius 1 is 1.40 bits per heavy atom. The van der Waals surface area contributed by atoms with Crippen molar-refractivity contribution in [3.8, 4) is 0 Å². The van der Waals surface area contributed by atoms with Crippen LogP contribution in [0.25, 0.3) is 0 Å². The van der Waals surface area contributed by atoms with E-state index in [-0.39, 0.29) is 12.8 Å². The van der Waals surface area contributed by atoms with Crippen LogP contribution in [0, 0.1) is 0 Å². The van der Waals surface area contributed by atoms with Gasteiger partial charge in [-0.2, -0.15) is 0 Å². The largest absolute Gasteiger partial charge is 0.385 e. The highest BCUT2D eigenvalue weighted by molar-refractivity contribution is 7.09. The lowest BCUT2D eigenvalue weighted by Gasteiger charge is -2.30. The average molecular weight is 231 g/mol. The average Bonchev–Trinajstić information content (AvgIpc) is 2.64. The van der Waals surface area contributed by atoms with E-state index in [9.17, 15) is 13.9 Å². The van der Waals surface area contributed by atoms with E-state index in [1.807, 2.05) is 0 Å². The molecule has 5 heteroatoms. The molecule has 1 unspecified atom stereocenters. The zero-order chi connectivity index (χ0) is 10.9. The molecule has 0 spiro atoms. The first-order valence-electron chi connectivity index (χ1n) is 4.68. The maximum absolute atomic E-state index is 12.8. The van der Waals surface area contributed by atoms with Crippen LogP contribution in [0.1, 0.15) is 17.8 Å². The molecule has 2 rings (SSSR count). The molecule has 1 aliphatic carbocycles. The fraction of sp³-hybridized carbons (Fsp3) is 0.500. The Labute approximate surface area is 90.3 Å². The van der Waals surface area contributed by atoms with E-state index < -0.39 is 11.5 Å². The summed E-state index contributed by atoms with van der Waals surface area (Å²) in [4.78, 5) is 4.03. The molecule has 1 aromatic rings. The summed E-state index contributed by atoms with van der Waals surface area (Å²) in [7, 11) is 0. The Morgan fingerprint density at radius 2 is 2.20 bits per heavy atom. The van der Waals surface area contributed by atoms with Crippen LogP contribution in [0.4, 0.5) is 8.78 Å². The number of rotatable bonds is 2. The molecular formula is C10H11F2NOS. The molecule has 1 heterocycles. The first-order valence-corrected chi connectivity index (χ1v) is 5.56. The molecular weight excluding hydrogens is 220 g/mol. The quantitative estimate of drug-likeness (QED) is 0.793. The molecule has 0 saturated heterocycles. The van der Waals surface area contributed by atoms with Crippen LogP contribution < -0.4 is 0 Å². The maximum atomic E-state index is 12.8. The van der Waals surface area contributed by atoms with Crippen molar-refractivity contribution in [2.75, 3.05) is 0 Å². The third-order valence-electron chi connectivity index (χ3n) is 2.47. The van der Waals surface area contributed by atoms with Crippen LogP contribution in [0.2, 0.25) is 0 Å². The minimum absolute atomic E-state index is 0.0794. The molecule has 0 fully saturated rings. The number of allylic oxidation sites excluding steroid dienone is 1. The van der Waals surface area contributed by atoms with E-state index in [4.69, 9.17) is 0 Å². The summed E-state index contributed by atoms with van der Waals surface area (Å²) in [5.41, 5.74) is -1.15. The monoisotopic (exact) mass is 231 g/mol. The van der Waals surface area contributed by atoms with Crippen LogP contribution in [-0.4, -0.2) is 21.6 Å². The van der Waals surface area contributed by atoms with Crippen molar-refractivity contribution in [3.63, 3.8) is 0 Å². The van der Waals surface area contributed by atoms with Gasteiger partial charge in [-0.05, 0) is 12.5 Å². The lowest BCUT2D eigenvalue weighted by atomic mass is 9.87. The molecule has 0 saturated carbocycles. The van der Waals surface area contributed by atoms with Crippen molar-refractivity contribution < 1.29 is 13.9 Å². The highest BCUT2D eigenvalue weighted by atomic mass is 32.1. The fourth-order valence-electron chi connectivity index (χ4n) is 1.58. The molecule has 0 radical (unpaired) electrons. The number of aromatic nitrogens is 1. The topological polar surface area (TPSA) is 33.1 Å². The van der Waals surface area contributed by atoms with Crippen LogP contribution in [0.5, 0.6) is 0 Å². The van der Waals surface area contributed by atoms with Gasteiger partial charge < -0.3 is 5.11 Å². The summed E-state index contributed by atoms with van der Waals surface area (Å²) in [6.45, 7) is 0. The predicted molar refractivity (Wildman–Crippen MR) is 54.1 cm³/mol. The molecule has 1 aromatic heterocycles. The molecule has 0 aliphatic heterocycles. The summed E-state index contributed by atoms with van der Waals surface area (Å²) in [6.07, 6.45) is 3.74. The van der Waals surface area contributed by atoms with Gasteiger partial charge in [0.05, 0.1) is 10.6 Å². The summed E-state index contributed by atoms with van der Waals surface area (Å²) >= 11 is 1.42. The van der Waals surface area contributed by atoms with Crippen molar-refractivity contribution in [2.24, 2.45) is 0 Å². The second kappa shape index (κ2) is 3.64. The van der Waals surface area contributed by atoms with Gasteiger partial charge >= 0.3 is 0 Å². The van der Waals surface area contributed by atoms with Gasteiger partial charge in [0, 0.05) is 24.4 Å². The minimum Gasteiger partial charge on any atom is -0.385 e. The number of nitrogens with zero attached hydrogens (tertiary/aromatic N) is 1. The maximum Gasteiger partial charge on any atom is 0.266 e. The number of halogens is 2. The Hall–Kier alpha value is -0.810. The Kier molecular flexibility index (Phi) is 2.60. The van der Waals surface area contributed by atoms with Gasteiger partial charge in [-0.25, -0.2) is 13.8 Å². The van der Waals surface area contributed by atoms with Gasteiger partial charge in [-0.3, -0.25) is 0 Å². The van der Waals surface area contributed by atoms with E-state index in [2.05, 4.69) is 4.98 Å². The fourth-order valence-corrected chi connectivity index (χ4v) is 2.31. The minimum atomic E-state index is -2.77. The van der Waals surface area contributed by atoms with Crippen LogP contribution >= 0.6 is 11.3 Å². The lowest BCUT2D eigenvalue weighted by Crippen LogP contribution is -2.35. The van der Waals surface area contributed by atoms with Gasteiger partial charge in [-0.15, -0.1) is 11.3 Å². The van der Waals surface area contributed by atoms with Gasteiger partial charge in [-0.1, -0.05) is 6.08 Å². The second-order valence-electron chi connectivity index (χ2n) is 3.80. The molecule has 15 heavy (non-hydrogen) atoms. The SMILES string of the molecule is OC1(Cc2nccs2)C=CC(F)(F)CC1. The Bertz CT molecular complexity index is 364. The van der Waals surface area contributed by atoms with E-state index in [0.717, 1.165) is 11.1 Å². The lowest BCUT2D eigenvalue weighted by molar-refractivity contribution is -0.0114. The molecule has 0 aromatic carbocycles. The highest BCUT2D eigenvalue weighted by Crippen LogP contribution is 2.34. The van der Waals surface area contributed by atoms with Gasteiger partial charge in [0.15, 0.2) is 0 Å². The first-order chi connectivity index (χ1) is 6.99. The van der Waals surface area contributed by atoms with Crippen molar-refractivity contribution in [2.45, 2.75) is 30.8 Å². The molecule has 0 bridgehead atoms. The van der Waals surface area contributed by atoms with Gasteiger partial charge in [0.25, 0.3) is 5.92 Å². The number of hydrogen-bond donors (Lipinski definition) is 1. The predicted octanol–water partition coefficient (Wildman–Crippen LogP) is 2.40. The van der Waals surface area contributed by atoms with E-state index in [1.165, 1.54) is 17.4 Å². The number of thiazole rings is 1. The highest BCUT2D eigenvalue weighted by Gasteiger charge is 2.37. The molecule has 82 valence electrons. The number of alkyl halides is 2. The number of aliphatic hydroxyl groups is 1. The summed E-state index contributed by atoms with van der Waals surface area (Å²) < 4.78 is 25.6. The summed E-state index contributed by atoms with van der Waals surface area (Å²) in [6, 6.07) is 0. The smallest absolute Gasteiger partial charge is 0.266 e. The van der Waals surface area contributed by atoms with E-state index in [0.29, 0.717) is 6.42 Å². The summed E-state index contributed by atoms with van der Waals surface area (Å²) in [5.74, 6) is -2.77. The summed E-state index contributed by atoms with van der Waals surface area (Å²) in [5, 5.41) is 12.6. The van der Waals surface area contributed by atoms with Gasteiger partial charge in [0.2, 0.25) is 0 Å². The second-order valence-corrected chi connectivity index (χ2v) is 4.78. The van der Waals surface area contributed by atoms with E-state index in [1.54, 1.807) is 11.6 Å². The van der Waals surface area contributed by atoms with E-state index >= 15 is 0 Å². The number of hydrogen-bond acceptors (Lipinski definition) is 3. The van der Waals surface area contributed by atoms with Crippen LogP contribution in [0.3, 0.4) is 0 Å². The van der Waals surface area contributed by atoms with Crippen molar-refractivity contribution in [1.82, 2.24) is 4.98 Å². The Balaban J connectivity index is 2.09. The normalized spacial score (nSPS) is 29.3. The zero-order valence-electron chi connectivity index (χ0n) is 7.99.